The van der Waals surface area contributed by atoms with Crippen LogP contribution in [0.3, 0.4) is 0 Å². The zero-order chi connectivity index (χ0) is 23.9. The van der Waals surface area contributed by atoms with E-state index in [1.807, 2.05) is 47.9 Å². The van der Waals surface area contributed by atoms with E-state index in [0.29, 0.717) is 37.4 Å². The highest BCUT2D eigenvalue weighted by atomic mass is 32.2. The Hall–Kier alpha value is -2.75. The van der Waals surface area contributed by atoms with Gasteiger partial charge in [-0.15, -0.1) is 0 Å². The molecule has 1 N–H and O–H groups in total. The Morgan fingerprint density at radius 1 is 1.12 bits per heavy atom. The molecular formula is C25H29FN4O3S. The minimum Gasteiger partial charge on any atom is -0.388 e. The van der Waals surface area contributed by atoms with E-state index in [9.17, 15) is 13.5 Å². The van der Waals surface area contributed by atoms with Crippen LogP contribution in [0.1, 0.15) is 47.7 Å². The lowest BCUT2D eigenvalue weighted by atomic mass is 10.0. The van der Waals surface area contributed by atoms with Crippen LogP contribution in [0.4, 0.5) is 10.1 Å². The van der Waals surface area contributed by atoms with Gasteiger partial charge in [-0.25, -0.2) is 17.8 Å². The number of sulfonamides is 1. The van der Waals surface area contributed by atoms with E-state index in [1.165, 1.54) is 10.4 Å². The second-order valence-corrected chi connectivity index (χ2v) is 11.2. The van der Waals surface area contributed by atoms with Crippen LogP contribution in [-0.2, 0) is 36.3 Å². The van der Waals surface area contributed by atoms with Crippen molar-refractivity contribution >= 4 is 15.7 Å². The van der Waals surface area contributed by atoms with Crippen molar-refractivity contribution < 1.29 is 17.9 Å². The van der Waals surface area contributed by atoms with Crippen molar-refractivity contribution in [2.24, 2.45) is 0 Å². The van der Waals surface area contributed by atoms with Gasteiger partial charge in [0.05, 0.1) is 18.4 Å². The van der Waals surface area contributed by atoms with Crippen molar-refractivity contribution in [3.63, 3.8) is 0 Å². The van der Waals surface area contributed by atoms with Crippen LogP contribution >= 0.6 is 0 Å². The lowest BCUT2D eigenvalue weighted by Crippen LogP contribution is -2.44. The Kier molecular flexibility index (Phi) is 6.18. The summed E-state index contributed by atoms with van der Waals surface area (Å²) in [7, 11) is -3.62. The number of aliphatic hydroxyl groups is 1. The molecule has 1 fully saturated rings. The van der Waals surface area contributed by atoms with Gasteiger partial charge in [0.2, 0.25) is 10.0 Å². The SMILES string of the molecule is CC1CCC(c2ccccc2)S(=O)(=O)N1Cc1ccc(N2CCn3c(cnc3CO)C2)cc1F. The highest BCUT2D eigenvalue weighted by Gasteiger charge is 2.40. The summed E-state index contributed by atoms with van der Waals surface area (Å²) in [6.07, 6.45) is 3.04. The normalized spacial score (nSPS) is 22.5. The van der Waals surface area contributed by atoms with Crippen LogP contribution in [0, 0.1) is 5.82 Å². The van der Waals surface area contributed by atoms with E-state index in [-0.39, 0.29) is 19.2 Å². The summed E-state index contributed by atoms with van der Waals surface area (Å²) in [6.45, 7) is 3.72. The molecule has 0 spiro atoms. The number of rotatable bonds is 5. The fourth-order valence-electron chi connectivity index (χ4n) is 5.08. The summed E-state index contributed by atoms with van der Waals surface area (Å²) in [4.78, 5) is 6.31. The van der Waals surface area contributed by atoms with Crippen molar-refractivity contribution in [3.8, 4) is 0 Å². The maximum atomic E-state index is 15.2. The largest absolute Gasteiger partial charge is 0.388 e. The second-order valence-electron chi connectivity index (χ2n) is 9.09. The van der Waals surface area contributed by atoms with Crippen LogP contribution in [0.15, 0.2) is 54.7 Å². The number of halogens is 1. The van der Waals surface area contributed by atoms with E-state index in [1.54, 1.807) is 12.3 Å². The molecule has 1 aromatic heterocycles. The van der Waals surface area contributed by atoms with Gasteiger partial charge in [0.25, 0.3) is 0 Å². The molecule has 0 bridgehead atoms. The Morgan fingerprint density at radius 3 is 2.65 bits per heavy atom. The van der Waals surface area contributed by atoms with Gasteiger partial charge in [-0.1, -0.05) is 36.4 Å². The zero-order valence-corrected chi connectivity index (χ0v) is 20.0. The third-order valence-electron chi connectivity index (χ3n) is 7.03. The maximum absolute atomic E-state index is 15.2. The zero-order valence-electron chi connectivity index (χ0n) is 19.1. The second kappa shape index (κ2) is 9.13. The molecule has 9 heteroatoms. The molecule has 2 aliphatic heterocycles. The molecule has 3 aromatic rings. The topological polar surface area (TPSA) is 78.7 Å². The first-order valence-corrected chi connectivity index (χ1v) is 13.1. The van der Waals surface area contributed by atoms with E-state index < -0.39 is 21.1 Å². The van der Waals surface area contributed by atoms with Gasteiger partial charge in [-0.3, -0.25) is 0 Å². The van der Waals surface area contributed by atoms with Crippen molar-refractivity contribution in [1.29, 1.82) is 0 Å². The summed E-state index contributed by atoms with van der Waals surface area (Å²) in [5, 5.41) is 8.81. The minimum absolute atomic E-state index is 0.0194. The molecule has 2 aliphatic rings. The summed E-state index contributed by atoms with van der Waals surface area (Å²) >= 11 is 0. The number of hydrogen-bond acceptors (Lipinski definition) is 5. The number of hydrogen-bond donors (Lipinski definition) is 1. The monoisotopic (exact) mass is 484 g/mol. The van der Waals surface area contributed by atoms with Crippen molar-refractivity contribution in [3.05, 3.63) is 83.2 Å². The molecule has 2 aromatic carbocycles. The van der Waals surface area contributed by atoms with Crippen LogP contribution < -0.4 is 4.90 Å². The Labute approximate surface area is 199 Å². The van der Waals surface area contributed by atoms with E-state index >= 15 is 4.39 Å². The van der Waals surface area contributed by atoms with Crippen LogP contribution in [-0.4, -0.2) is 40.0 Å². The number of fused-ring (bicyclic) bond motifs is 1. The third-order valence-corrected chi connectivity index (χ3v) is 9.40. The summed E-state index contributed by atoms with van der Waals surface area (Å²) in [6, 6.07) is 14.1. The van der Waals surface area contributed by atoms with Gasteiger partial charge in [0.1, 0.15) is 23.5 Å². The number of benzene rings is 2. The molecule has 0 saturated carbocycles. The van der Waals surface area contributed by atoms with Gasteiger partial charge in [-0.05, 0) is 37.5 Å². The van der Waals surface area contributed by atoms with Gasteiger partial charge in [0.15, 0.2) is 0 Å². The van der Waals surface area contributed by atoms with E-state index in [4.69, 9.17) is 0 Å². The van der Waals surface area contributed by atoms with Gasteiger partial charge >= 0.3 is 0 Å². The molecule has 34 heavy (non-hydrogen) atoms. The lowest BCUT2D eigenvalue weighted by molar-refractivity contribution is 0.263. The maximum Gasteiger partial charge on any atom is 0.221 e. The number of imidazole rings is 1. The first kappa shape index (κ1) is 23.0. The fourth-order valence-corrected chi connectivity index (χ4v) is 7.26. The van der Waals surface area contributed by atoms with Crippen molar-refractivity contribution in [1.82, 2.24) is 13.9 Å². The first-order chi connectivity index (χ1) is 16.4. The Morgan fingerprint density at radius 2 is 1.91 bits per heavy atom. The highest BCUT2D eigenvalue weighted by Crippen LogP contribution is 2.38. The third kappa shape index (κ3) is 4.12. The smallest absolute Gasteiger partial charge is 0.221 e. The van der Waals surface area contributed by atoms with Gasteiger partial charge in [0, 0.05) is 36.9 Å². The predicted molar refractivity (Wildman–Crippen MR) is 128 cm³/mol. The molecule has 1 saturated heterocycles. The molecule has 0 radical (unpaired) electrons. The molecule has 2 unspecified atom stereocenters. The predicted octanol–water partition coefficient (Wildman–Crippen LogP) is 3.59. The first-order valence-electron chi connectivity index (χ1n) is 11.6. The number of aromatic nitrogens is 2. The summed E-state index contributed by atoms with van der Waals surface area (Å²) in [5.41, 5.74) is 2.87. The fraction of sp³-hybridized carbons (Fsp3) is 0.400. The molecule has 0 amide bonds. The number of anilines is 1. The number of nitrogens with zero attached hydrogens (tertiary/aromatic N) is 4. The van der Waals surface area contributed by atoms with Crippen molar-refractivity contribution in [2.45, 2.75) is 57.3 Å². The molecule has 2 atom stereocenters. The molecular weight excluding hydrogens is 455 g/mol. The molecule has 5 rings (SSSR count). The standard InChI is InChI=1S/C25H29FN4O3S/c1-18-7-10-24(19-5-3-2-4-6-19)34(32,33)30(18)15-20-8-9-21(13-23(20)26)28-11-12-29-22(16-28)14-27-25(29)17-31/h2-6,8-9,13-14,18,24,31H,7,10-12,15-17H2,1H3. The number of aliphatic hydroxyl groups excluding tert-OH is 1. The average Bonchev–Trinajstić information content (AvgIpc) is 3.25. The summed E-state index contributed by atoms with van der Waals surface area (Å²) < 4.78 is 45.6. The molecule has 7 nitrogen and oxygen atoms in total. The van der Waals surface area contributed by atoms with Crippen LogP contribution in [0.2, 0.25) is 0 Å². The van der Waals surface area contributed by atoms with E-state index in [0.717, 1.165) is 23.4 Å². The highest BCUT2D eigenvalue weighted by molar-refractivity contribution is 7.89. The molecule has 180 valence electrons. The van der Waals surface area contributed by atoms with Crippen molar-refractivity contribution in [2.75, 3.05) is 11.4 Å². The quantitative estimate of drug-likeness (QED) is 0.599. The Balaban J connectivity index is 1.35. The summed E-state index contributed by atoms with van der Waals surface area (Å²) in [5.74, 6) is 0.235. The Bertz CT molecular complexity index is 1280. The van der Waals surface area contributed by atoms with Crippen LogP contribution in [0.5, 0.6) is 0 Å². The average molecular weight is 485 g/mol. The van der Waals surface area contributed by atoms with Gasteiger partial charge < -0.3 is 14.6 Å². The van der Waals surface area contributed by atoms with Gasteiger partial charge in [-0.2, -0.15) is 4.31 Å². The molecule has 3 heterocycles. The minimum atomic E-state index is -3.62. The lowest BCUT2D eigenvalue weighted by Gasteiger charge is -2.37. The van der Waals surface area contributed by atoms with E-state index in [2.05, 4.69) is 9.88 Å². The van der Waals surface area contributed by atoms with Crippen LogP contribution in [0.25, 0.3) is 0 Å². The molecule has 0 aliphatic carbocycles.